The number of benzene rings is 1. The van der Waals surface area contributed by atoms with Crippen molar-refractivity contribution in [1.82, 2.24) is 4.90 Å². The Morgan fingerprint density at radius 2 is 1.84 bits per heavy atom. The molecule has 1 aliphatic heterocycles. The minimum Gasteiger partial charge on any atom is -0.378 e. The van der Waals surface area contributed by atoms with E-state index in [1.54, 1.807) is 0 Å². The van der Waals surface area contributed by atoms with E-state index in [4.69, 9.17) is 23.2 Å². The predicted octanol–water partition coefficient (Wildman–Crippen LogP) is 2.10. The molecule has 0 aliphatic carbocycles. The summed E-state index contributed by atoms with van der Waals surface area (Å²) >= 11 is 11.5. The summed E-state index contributed by atoms with van der Waals surface area (Å²) in [5.74, 6) is -0.448. The molecular weight excluding hydrogens is 287 g/mol. The number of hydrogen-bond donors (Lipinski definition) is 1. The van der Waals surface area contributed by atoms with Crippen molar-refractivity contribution in [3.8, 4) is 0 Å². The van der Waals surface area contributed by atoms with E-state index in [-0.39, 0.29) is 16.6 Å². The van der Waals surface area contributed by atoms with Crippen molar-refractivity contribution < 1.29 is 9.90 Å². The zero-order valence-electron chi connectivity index (χ0n) is 10.6. The molecule has 0 fully saturated rings. The van der Waals surface area contributed by atoms with Crippen LogP contribution < -0.4 is 4.90 Å². The van der Waals surface area contributed by atoms with Gasteiger partial charge in [-0.3, -0.25) is 4.79 Å². The van der Waals surface area contributed by atoms with Gasteiger partial charge in [0.25, 0.3) is 5.91 Å². The molecule has 1 amide bonds. The van der Waals surface area contributed by atoms with Crippen molar-refractivity contribution in [3.63, 3.8) is 0 Å². The van der Waals surface area contributed by atoms with Gasteiger partial charge in [0.05, 0.1) is 5.03 Å². The Balaban J connectivity index is 2.13. The van der Waals surface area contributed by atoms with Crippen LogP contribution in [0.15, 0.2) is 34.3 Å². The fourth-order valence-electron chi connectivity index (χ4n) is 1.84. The van der Waals surface area contributed by atoms with Crippen LogP contribution in [0.3, 0.4) is 0 Å². The largest absolute Gasteiger partial charge is 0.378 e. The van der Waals surface area contributed by atoms with Crippen LogP contribution >= 0.6 is 23.2 Å². The van der Waals surface area contributed by atoms with Crippen LogP contribution in [0.4, 0.5) is 5.69 Å². The van der Waals surface area contributed by atoms with Gasteiger partial charge in [0.2, 0.25) is 0 Å². The highest BCUT2D eigenvalue weighted by Crippen LogP contribution is 2.31. The number of halogens is 2. The first-order valence-electron chi connectivity index (χ1n) is 5.72. The molecule has 1 aromatic carbocycles. The first kappa shape index (κ1) is 14.2. The number of anilines is 1. The number of aliphatic hydroxyl groups is 1. The summed E-state index contributed by atoms with van der Waals surface area (Å²) in [6.45, 7) is 0.264. The second kappa shape index (κ2) is 5.41. The summed E-state index contributed by atoms with van der Waals surface area (Å²) in [4.78, 5) is 15.0. The summed E-state index contributed by atoms with van der Waals surface area (Å²) in [6, 6.07) is 7.68. The molecule has 1 unspecified atom stereocenters. The standard InChI is InChI=1S/C13H14Cl2N2O2/c1-16(2)9-5-3-8(4-6-9)7-17-12(18)10(14)11(15)13(17)19/h3-6,12,18H,7H2,1-2H3. The Kier molecular flexibility index (Phi) is 4.04. The van der Waals surface area contributed by atoms with Crippen LogP contribution in [-0.4, -0.2) is 36.2 Å². The van der Waals surface area contributed by atoms with Gasteiger partial charge in [0.15, 0.2) is 6.23 Å². The third-order valence-corrected chi connectivity index (χ3v) is 3.83. The van der Waals surface area contributed by atoms with Crippen LogP contribution in [0, 0.1) is 0 Å². The van der Waals surface area contributed by atoms with Gasteiger partial charge < -0.3 is 14.9 Å². The first-order chi connectivity index (χ1) is 8.91. The van der Waals surface area contributed by atoms with Crippen LogP contribution in [0.1, 0.15) is 5.56 Å². The molecule has 1 atom stereocenters. The predicted molar refractivity (Wildman–Crippen MR) is 76.1 cm³/mol. The van der Waals surface area contributed by atoms with E-state index in [0.717, 1.165) is 11.3 Å². The second-order valence-corrected chi connectivity index (χ2v) is 5.31. The molecule has 1 aliphatic rings. The molecule has 102 valence electrons. The molecular formula is C13H14Cl2N2O2. The average Bonchev–Trinajstić information content (AvgIpc) is 2.57. The lowest BCUT2D eigenvalue weighted by molar-refractivity contribution is -0.132. The quantitative estimate of drug-likeness (QED) is 0.930. The van der Waals surface area contributed by atoms with E-state index < -0.39 is 12.1 Å². The zero-order chi connectivity index (χ0) is 14.2. The van der Waals surface area contributed by atoms with Crippen LogP contribution in [0.2, 0.25) is 0 Å². The number of rotatable bonds is 3. The normalized spacial score (nSPS) is 19.3. The molecule has 2 rings (SSSR count). The smallest absolute Gasteiger partial charge is 0.269 e. The summed E-state index contributed by atoms with van der Waals surface area (Å²) in [7, 11) is 3.90. The Hall–Kier alpha value is -1.23. The van der Waals surface area contributed by atoms with Gasteiger partial charge in [-0.1, -0.05) is 35.3 Å². The zero-order valence-corrected chi connectivity index (χ0v) is 12.1. The van der Waals surface area contributed by atoms with Gasteiger partial charge in [0, 0.05) is 26.3 Å². The first-order valence-corrected chi connectivity index (χ1v) is 6.48. The molecule has 0 saturated heterocycles. The van der Waals surface area contributed by atoms with Crippen molar-refractivity contribution in [2.24, 2.45) is 0 Å². The van der Waals surface area contributed by atoms with E-state index in [1.807, 2.05) is 43.3 Å². The molecule has 0 saturated carbocycles. The van der Waals surface area contributed by atoms with Gasteiger partial charge in [-0.25, -0.2) is 0 Å². The molecule has 0 bridgehead atoms. The molecule has 0 spiro atoms. The van der Waals surface area contributed by atoms with Crippen LogP contribution in [0.5, 0.6) is 0 Å². The fraction of sp³-hybridized carbons (Fsp3) is 0.308. The lowest BCUT2D eigenvalue weighted by atomic mass is 10.2. The Bertz CT molecular complexity index is 526. The highest BCUT2D eigenvalue weighted by atomic mass is 35.5. The van der Waals surface area contributed by atoms with Gasteiger partial charge in [-0.05, 0) is 17.7 Å². The molecule has 0 radical (unpaired) electrons. The maximum Gasteiger partial charge on any atom is 0.269 e. The fourth-order valence-corrected chi connectivity index (χ4v) is 2.25. The molecule has 19 heavy (non-hydrogen) atoms. The molecule has 6 heteroatoms. The summed E-state index contributed by atoms with van der Waals surface area (Å²) in [5, 5.41) is 9.70. The Morgan fingerprint density at radius 1 is 1.26 bits per heavy atom. The van der Waals surface area contributed by atoms with Crippen LogP contribution in [0.25, 0.3) is 0 Å². The van der Waals surface area contributed by atoms with Gasteiger partial charge in [0.1, 0.15) is 5.03 Å². The monoisotopic (exact) mass is 300 g/mol. The SMILES string of the molecule is CN(C)c1ccc(CN2C(=O)C(Cl)=C(Cl)C2O)cc1. The molecule has 1 aromatic rings. The highest BCUT2D eigenvalue weighted by molar-refractivity contribution is 6.49. The molecule has 0 aromatic heterocycles. The van der Waals surface area contributed by atoms with Gasteiger partial charge >= 0.3 is 0 Å². The molecule has 4 nitrogen and oxygen atoms in total. The summed E-state index contributed by atoms with van der Waals surface area (Å²) in [5.41, 5.74) is 1.96. The number of nitrogens with zero attached hydrogens (tertiary/aromatic N) is 2. The Morgan fingerprint density at radius 3 is 2.26 bits per heavy atom. The molecule has 1 N–H and O–H groups in total. The third-order valence-electron chi connectivity index (χ3n) is 2.99. The topological polar surface area (TPSA) is 43.8 Å². The van der Waals surface area contributed by atoms with E-state index in [2.05, 4.69) is 0 Å². The van der Waals surface area contributed by atoms with Crippen LogP contribution in [-0.2, 0) is 11.3 Å². The second-order valence-electron chi connectivity index (χ2n) is 4.53. The lowest BCUT2D eigenvalue weighted by Crippen LogP contribution is -2.34. The summed E-state index contributed by atoms with van der Waals surface area (Å²) < 4.78 is 0. The number of carbonyl (C=O) groups is 1. The van der Waals surface area contributed by atoms with E-state index >= 15 is 0 Å². The maximum absolute atomic E-state index is 11.8. The molecule has 1 heterocycles. The van der Waals surface area contributed by atoms with Gasteiger partial charge in [-0.2, -0.15) is 0 Å². The highest BCUT2D eigenvalue weighted by Gasteiger charge is 2.36. The van der Waals surface area contributed by atoms with E-state index in [0.29, 0.717) is 0 Å². The van der Waals surface area contributed by atoms with Crippen molar-refractivity contribution in [2.45, 2.75) is 12.8 Å². The van der Waals surface area contributed by atoms with Crippen molar-refractivity contribution >= 4 is 34.8 Å². The maximum atomic E-state index is 11.8. The number of hydrogen-bond acceptors (Lipinski definition) is 3. The van der Waals surface area contributed by atoms with Crippen molar-refractivity contribution in [2.75, 3.05) is 19.0 Å². The third kappa shape index (κ3) is 2.71. The lowest BCUT2D eigenvalue weighted by Gasteiger charge is -2.21. The van der Waals surface area contributed by atoms with Crippen molar-refractivity contribution in [3.05, 3.63) is 39.9 Å². The number of aliphatic hydroxyl groups excluding tert-OH is 1. The minimum absolute atomic E-state index is 0.0171. The average molecular weight is 301 g/mol. The Labute approximate surface area is 121 Å². The number of carbonyl (C=O) groups excluding carboxylic acids is 1. The number of amides is 1. The van der Waals surface area contributed by atoms with Crippen molar-refractivity contribution in [1.29, 1.82) is 0 Å². The summed E-state index contributed by atoms with van der Waals surface area (Å²) in [6.07, 6.45) is -1.16. The van der Waals surface area contributed by atoms with Gasteiger partial charge in [-0.15, -0.1) is 0 Å². The van der Waals surface area contributed by atoms with E-state index in [1.165, 1.54) is 4.90 Å². The van der Waals surface area contributed by atoms with E-state index in [9.17, 15) is 9.90 Å². The minimum atomic E-state index is -1.16.